The summed E-state index contributed by atoms with van der Waals surface area (Å²) >= 11 is 6.01. The van der Waals surface area contributed by atoms with Gasteiger partial charge >= 0.3 is 0 Å². The predicted molar refractivity (Wildman–Crippen MR) is 85.5 cm³/mol. The van der Waals surface area contributed by atoms with Crippen LogP contribution in [-0.4, -0.2) is 30.9 Å². The predicted octanol–water partition coefficient (Wildman–Crippen LogP) is 3.28. The molecule has 0 aromatic heterocycles. The van der Waals surface area contributed by atoms with E-state index in [9.17, 15) is 4.79 Å². The summed E-state index contributed by atoms with van der Waals surface area (Å²) in [6.07, 6.45) is 1.87. The van der Waals surface area contributed by atoms with Crippen molar-refractivity contribution in [1.82, 2.24) is 10.2 Å². The van der Waals surface area contributed by atoms with Gasteiger partial charge in [-0.05, 0) is 50.6 Å². The summed E-state index contributed by atoms with van der Waals surface area (Å²) < 4.78 is 0. The molecule has 1 amide bonds. The number of piperidine rings is 1. The number of hydrogen-bond donors (Lipinski definition) is 1. The van der Waals surface area contributed by atoms with Crippen molar-refractivity contribution in [2.45, 2.75) is 25.8 Å². The minimum absolute atomic E-state index is 0. The first kappa shape index (κ1) is 17.3. The van der Waals surface area contributed by atoms with Gasteiger partial charge in [-0.2, -0.15) is 0 Å². The first-order chi connectivity index (χ1) is 9.09. The van der Waals surface area contributed by atoms with Crippen LogP contribution in [0.25, 0.3) is 0 Å². The maximum atomic E-state index is 12.5. The molecular formula is C15H22Cl2N2O. The number of rotatable bonds is 3. The molecule has 20 heavy (non-hydrogen) atoms. The van der Waals surface area contributed by atoms with Gasteiger partial charge in [0.1, 0.15) is 0 Å². The lowest BCUT2D eigenvalue weighted by atomic mass is 9.95. The lowest BCUT2D eigenvalue weighted by Gasteiger charge is -2.31. The molecule has 1 aliphatic rings. The SMILES string of the molecule is CC(c1cccc(Cl)c1)N(C)C(=O)C1CCNCC1.Cl. The first-order valence-corrected chi connectivity index (χ1v) is 7.20. The lowest BCUT2D eigenvalue weighted by Crippen LogP contribution is -2.40. The Hall–Kier alpha value is -0.770. The molecule has 1 aliphatic heterocycles. The Morgan fingerprint density at radius 2 is 2.05 bits per heavy atom. The Balaban J connectivity index is 0.00000200. The van der Waals surface area contributed by atoms with E-state index in [0.29, 0.717) is 5.02 Å². The molecule has 0 aliphatic carbocycles. The van der Waals surface area contributed by atoms with Crippen LogP contribution < -0.4 is 5.32 Å². The number of carbonyl (C=O) groups excluding carboxylic acids is 1. The highest BCUT2D eigenvalue weighted by molar-refractivity contribution is 6.30. The Morgan fingerprint density at radius 3 is 2.65 bits per heavy atom. The molecule has 1 unspecified atom stereocenters. The summed E-state index contributed by atoms with van der Waals surface area (Å²) in [5.41, 5.74) is 1.08. The molecule has 1 N–H and O–H groups in total. The molecule has 1 heterocycles. The normalized spacial score (nSPS) is 17.1. The van der Waals surface area contributed by atoms with Crippen LogP contribution in [0.5, 0.6) is 0 Å². The summed E-state index contributed by atoms with van der Waals surface area (Å²) in [6.45, 7) is 3.93. The van der Waals surface area contributed by atoms with Gasteiger partial charge < -0.3 is 10.2 Å². The standard InChI is InChI=1S/C15H21ClN2O.ClH/c1-11(13-4-3-5-14(16)10-13)18(2)15(19)12-6-8-17-9-7-12;/h3-5,10-12,17H,6-9H2,1-2H3;1H. The molecule has 0 bridgehead atoms. The zero-order valence-electron chi connectivity index (χ0n) is 11.9. The minimum atomic E-state index is 0. The zero-order valence-corrected chi connectivity index (χ0v) is 13.5. The van der Waals surface area contributed by atoms with Crippen LogP contribution in [0.3, 0.4) is 0 Å². The van der Waals surface area contributed by atoms with Crippen molar-refractivity contribution in [3.8, 4) is 0 Å². The van der Waals surface area contributed by atoms with Gasteiger partial charge in [0.15, 0.2) is 0 Å². The Kier molecular flexibility index (Phi) is 6.80. The van der Waals surface area contributed by atoms with Crippen LogP contribution in [0, 0.1) is 5.92 Å². The van der Waals surface area contributed by atoms with Gasteiger partial charge in [-0.25, -0.2) is 0 Å². The second-order valence-electron chi connectivity index (χ2n) is 5.20. The highest BCUT2D eigenvalue weighted by Crippen LogP contribution is 2.25. The van der Waals surface area contributed by atoms with E-state index in [1.165, 1.54) is 0 Å². The van der Waals surface area contributed by atoms with Crippen molar-refractivity contribution < 1.29 is 4.79 Å². The fraction of sp³-hybridized carbons (Fsp3) is 0.533. The Morgan fingerprint density at radius 1 is 1.40 bits per heavy atom. The molecule has 1 fully saturated rings. The van der Waals surface area contributed by atoms with Crippen molar-refractivity contribution in [3.63, 3.8) is 0 Å². The van der Waals surface area contributed by atoms with Crippen molar-refractivity contribution >= 4 is 29.9 Å². The largest absolute Gasteiger partial charge is 0.339 e. The maximum absolute atomic E-state index is 12.5. The van der Waals surface area contributed by atoms with Gasteiger partial charge in [0.2, 0.25) is 5.91 Å². The molecule has 1 atom stereocenters. The second-order valence-corrected chi connectivity index (χ2v) is 5.64. The van der Waals surface area contributed by atoms with E-state index in [4.69, 9.17) is 11.6 Å². The number of nitrogens with one attached hydrogen (secondary N) is 1. The van der Waals surface area contributed by atoms with Crippen molar-refractivity contribution in [3.05, 3.63) is 34.9 Å². The van der Waals surface area contributed by atoms with Gasteiger partial charge in [0.05, 0.1) is 6.04 Å². The third kappa shape index (κ3) is 4.11. The number of amides is 1. The van der Waals surface area contributed by atoms with Gasteiger partial charge in [-0.15, -0.1) is 12.4 Å². The molecule has 112 valence electrons. The van der Waals surface area contributed by atoms with E-state index in [1.807, 2.05) is 43.1 Å². The third-order valence-corrected chi connectivity index (χ3v) is 4.18. The molecule has 1 saturated heterocycles. The number of carbonyl (C=O) groups is 1. The van der Waals surface area contributed by atoms with Crippen molar-refractivity contribution in [2.24, 2.45) is 5.92 Å². The number of nitrogens with zero attached hydrogens (tertiary/aromatic N) is 1. The van der Waals surface area contributed by atoms with E-state index >= 15 is 0 Å². The van der Waals surface area contributed by atoms with Gasteiger partial charge in [0.25, 0.3) is 0 Å². The molecule has 3 nitrogen and oxygen atoms in total. The topological polar surface area (TPSA) is 32.3 Å². The fourth-order valence-corrected chi connectivity index (χ4v) is 2.74. The molecule has 5 heteroatoms. The summed E-state index contributed by atoms with van der Waals surface area (Å²) in [4.78, 5) is 14.3. The average molecular weight is 317 g/mol. The van der Waals surface area contributed by atoms with E-state index in [-0.39, 0.29) is 30.3 Å². The number of benzene rings is 1. The minimum Gasteiger partial charge on any atom is -0.339 e. The molecule has 0 spiro atoms. The molecule has 1 aromatic rings. The van der Waals surface area contributed by atoms with Crippen LogP contribution in [0.2, 0.25) is 5.02 Å². The van der Waals surface area contributed by atoms with Crippen molar-refractivity contribution in [2.75, 3.05) is 20.1 Å². The Bertz CT molecular complexity index is 447. The van der Waals surface area contributed by atoms with Crippen molar-refractivity contribution in [1.29, 1.82) is 0 Å². The van der Waals surface area contributed by atoms with Crippen LogP contribution in [0.1, 0.15) is 31.4 Å². The summed E-state index contributed by atoms with van der Waals surface area (Å²) in [6, 6.07) is 7.78. The average Bonchev–Trinajstić information content (AvgIpc) is 2.46. The number of halogens is 2. The van der Waals surface area contributed by atoms with Gasteiger partial charge in [-0.1, -0.05) is 23.7 Å². The molecule has 1 aromatic carbocycles. The summed E-state index contributed by atoms with van der Waals surface area (Å²) in [5.74, 6) is 0.404. The van der Waals surface area contributed by atoms with E-state index in [1.54, 1.807) is 0 Å². The quantitative estimate of drug-likeness (QED) is 0.928. The smallest absolute Gasteiger partial charge is 0.226 e. The highest BCUT2D eigenvalue weighted by atomic mass is 35.5. The van der Waals surface area contributed by atoms with Crippen LogP contribution in [0.15, 0.2) is 24.3 Å². The first-order valence-electron chi connectivity index (χ1n) is 6.82. The summed E-state index contributed by atoms with van der Waals surface area (Å²) in [7, 11) is 1.88. The van der Waals surface area contributed by atoms with Crippen LogP contribution in [-0.2, 0) is 4.79 Å². The van der Waals surface area contributed by atoms with Crippen LogP contribution >= 0.6 is 24.0 Å². The molecular weight excluding hydrogens is 295 g/mol. The fourth-order valence-electron chi connectivity index (χ4n) is 2.54. The van der Waals surface area contributed by atoms with Crippen LogP contribution in [0.4, 0.5) is 0 Å². The summed E-state index contributed by atoms with van der Waals surface area (Å²) in [5, 5.41) is 4.00. The molecule has 2 rings (SSSR count). The molecule has 0 saturated carbocycles. The number of hydrogen-bond acceptors (Lipinski definition) is 2. The van der Waals surface area contributed by atoms with E-state index in [2.05, 4.69) is 5.32 Å². The third-order valence-electron chi connectivity index (χ3n) is 3.95. The molecule has 0 radical (unpaired) electrons. The van der Waals surface area contributed by atoms with Gasteiger partial charge in [-0.3, -0.25) is 4.79 Å². The lowest BCUT2D eigenvalue weighted by molar-refractivity contribution is -0.137. The zero-order chi connectivity index (χ0) is 13.8. The monoisotopic (exact) mass is 316 g/mol. The highest BCUT2D eigenvalue weighted by Gasteiger charge is 2.26. The van der Waals surface area contributed by atoms with Gasteiger partial charge in [0, 0.05) is 18.0 Å². The van der Waals surface area contributed by atoms with E-state index < -0.39 is 0 Å². The Labute approximate surface area is 132 Å². The maximum Gasteiger partial charge on any atom is 0.226 e. The van der Waals surface area contributed by atoms with E-state index in [0.717, 1.165) is 31.5 Å². The second kappa shape index (κ2) is 7.87.